The van der Waals surface area contributed by atoms with Gasteiger partial charge in [0.15, 0.2) is 0 Å². The maximum atomic E-state index is 10.7. The molecule has 7 nitrogen and oxygen atoms in total. The van der Waals surface area contributed by atoms with Gasteiger partial charge in [0.25, 0.3) is 0 Å². The van der Waals surface area contributed by atoms with Crippen molar-refractivity contribution in [2.75, 3.05) is 14.1 Å². The zero-order chi connectivity index (χ0) is 20.6. The van der Waals surface area contributed by atoms with Gasteiger partial charge in [0.1, 0.15) is 5.75 Å². The highest BCUT2D eigenvalue weighted by molar-refractivity contribution is 5.89. The predicted octanol–water partition coefficient (Wildman–Crippen LogP) is 2.65. The Morgan fingerprint density at radius 3 is 2.22 bits per heavy atom. The SMILES string of the molecule is CN(C)C(c1cccc(O)c1)[C@@H]1CCCC[C@]1(C)O.O=C(O)/C=C/C(=O)O. The number of phenolic OH excluding ortho intramolecular Hbond substituents is 1. The summed E-state index contributed by atoms with van der Waals surface area (Å²) in [4.78, 5) is 21.3. The molecule has 1 aliphatic rings. The predicted molar refractivity (Wildman–Crippen MR) is 102 cm³/mol. The minimum atomic E-state index is -1.26. The number of carboxylic acid groups (broad SMARTS) is 2. The third-order valence-electron chi connectivity index (χ3n) is 4.76. The fourth-order valence-electron chi connectivity index (χ4n) is 3.58. The molecule has 3 atom stereocenters. The topological polar surface area (TPSA) is 118 Å². The van der Waals surface area contributed by atoms with E-state index in [9.17, 15) is 19.8 Å². The van der Waals surface area contributed by atoms with Crippen LogP contribution in [0.5, 0.6) is 5.75 Å². The molecule has 1 saturated carbocycles. The number of rotatable bonds is 5. The second-order valence-electron chi connectivity index (χ2n) is 7.22. The first kappa shape index (κ1) is 22.7. The minimum Gasteiger partial charge on any atom is -0.508 e. The van der Waals surface area contributed by atoms with Crippen molar-refractivity contribution in [1.29, 1.82) is 0 Å². The van der Waals surface area contributed by atoms with Crippen molar-refractivity contribution >= 4 is 11.9 Å². The van der Waals surface area contributed by atoms with Crippen LogP contribution in [0.15, 0.2) is 36.4 Å². The van der Waals surface area contributed by atoms with Gasteiger partial charge in [0, 0.05) is 24.1 Å². The zero-order valence-corrected chi connectivity index (χ0v) is 16.0. The Hall–Kier alpha value is -2.38. The number of hydrogen-bond donors (Lipinski definition) is 4. The summed E-state index contributed by atoms with van der Waals surface area (Å²) >= 11 is 0. The van der Waals surface area contributed by atoms with Crippen LogP contribution >= 0.6 is 0 Å². The summed E-state index contributed by atoms with van der Waals surface area (Å²) in [6.45, 7) is 1.95. The standard InChI is InChI=1S/C16H25NO2.C4H4O4/c1-16(19)10-5-4-9-14(16)15(17(2)3)12-7-6-8-13(18)11-12;5-3(6)1-2-4(7)8/h6-8,11,14-15,18-19H,4-5,9-10H2,1-3H3;1-2H,(H,5,6)(H,7,8)/b;2-1+/t14-,15?,16-;/m0./s1. The number of carboxylic acids is 2. The van der Waals surface area contributed by atoms with E-state index in [0.29, 0.717) is 17.9 Å². The van der Waals surface area contributed by atoms with Gasteiger partial charge >= 0.3 is 11.9 Å². The van der Waals surface area contributed by atoms with Crippen molar-refractivity contribution in [3.8, 4) is 5.75 Å². The average Bonchev–Trinajstić information content (AvgIpc) is 2.55. The maximum absolute atomic E-state index is 10.7. The molecule has 4 N–H and O–H groups in total. The third kappa shape index (κ3) is 7.40. The molecular weight excluding hydrogens is 350 g/mol. The molecule has 1 aromatic carbocycles. The van der Waals surface area contributed by atoms with Crippen molar-refractivity contribution in [2.45, 2.75) is 44.2 Å². The van der Waals surface area contributed by atoms with Crippen LogP contribution < -0.4 is 0 Å². The molecule has 0 heterocycles. The Morgan fingerprint density at radius 1 is 1.19 bits per heavy atom. The van der Waals surface area contributed by atoms with Gasteiger partial charge in [0.05, 0.1) is 5.60 Å². The highest BCUT2D eigenvalue weighted by Gasteiger charge is 2.41. The van der Waals surface area contributed by atoms with E-state index >= 15 is 0 Å². The van der Waals surface area contributed by atoms with Crippen molar-refractivity contribution in [3.63, 3.8) is 0 Å². The first-order valence-electron chi connectivity index (χ1n) is 8.86. The van der Waals surface area contributed by atoms with Gasteiger partial charge in [-0.25, -0.2) is 9.59 Å². The quantitative estimate of drug-likeness (QED) is 0.581. The Morgan fingerprint density at radius 2 is 1.78 bits per heavy atom. The van der Waals surface area contributed by atoms with Crippen molar-refractivity contribution in [3.05, 3.63) is 42.0 Å². The lowest BCUT2D eigenvalue weighted by Crippen LogP contribution is -2.44. The fraction of sp³-hybridized carbons (Fsp3) is 0.500. The first-order valence-corrected chi connectivity index (χ1v) is 8.86. The molecule has 0 aliphatic heterocycles. The van der Waals surface area contributed by atoms with Crippen LogP contribution in [0.25, 0.3) is 0 Å². The van der Waals surface area contributed by atoms with Gasteiger partial charge in [-0.1, -0.05) is 25.0 Å². The van der Waals surface area contributed by atoms with Crippen LogP contribution in [0.1, 0.15) is 44.2 Å². The van der Waals surface area contributed by atoms with E-state index in [2.05, 4.69) is 4.90 Å². The Bertz CT molecular complexity index is 652. The number of carbonyl (C=O) groups is 2. The first-order chi connectivity index (χ1) is 12.5. The summed E-state index contributed by atoms with van der Waals surface area (Å²) in [7, 11) is 4.08. The lowest BCUT2D eigenvalue weighted by atomic mass is 9.71. The molecule has 2 rings (SSSR count). The lowest BCUT2D eigenvalue weighted by Gasteiger charge is -2.44. The summed E-state index contributed by atoms with van der Waals surface area (Å²) in [6, 6.07) is 7.56. The summed E-state index contributed by atoms with van der Waals surface area (Å²) < 4.78 is 0. The summed E-state index contributed by atoms with van der Waals surface area (Å²) in [5.74, 6) is -2.02. The number of phenols is 1. The largest absolute Gasteiger partial charge is 0.508 e. The van der Waals surface area contributed by atoms with E-state index in [1.807, 2.05) is 39.2 Å². The monoisotopic (exact) mass is 379 g/mol. The van der Waals surface area contributed by atoms with Gasteiger partial charge in [-0.15, -0.1) is 0 Å². The van der Waals surface area contributed by atoms with E-state index in [1.54, 1.807) is 6.07 Å². The fourth-order valence-corrected chi connectivity index (χ4v) is 3.58. The van der Waals surface area contributed by atoms with Crippen LogP contribution in [0.2, 0.25) is 0 Å². The van der Waals surface area contributed by atoms with E-state index in [1.165, 1.54) is 6.42 Å². The van der Waals surface area contributed by atoms with Gasteiger partial charge in [-0.2, -0.15) is 0 Å². The van der Waals surface area contributed by atoms with Crippen LogP contribution in [0.4, 0.5) is 0 Å². The molecule has 1 unspecified atom stereocenters. The van der Waals surface area contributed by atoms with Crippen molar-refractivity contribution in [1.82, 2.24) is 4.90 Å². The second kappa shape index (κ2) is 10.1. The molecule has 0 aromatic heterocycles. The van der Waals surface area contributed by atoms with Crippen LogP contribution in [-0.4, -0.2) is 57.0 Å². The average molecular weight is 379 g/mol. The van der Waals surface area contributed by atoms with Crippen molar-refractivity contribution < 1.29 is 30.0 Å². The maximum Gasteiger partial charge on any atom is 0.328 e. The number of hydrogen-bond acceptors (Lipinski definition) is 5. The number of aromatic hydroxyl groups is 1. The number of aliphatic carboxylic acids is 2. The molecule has 150 valence electrons. The molecule has 1 aromatic rings. The summed E-state index contributed by atoms with van der Waals surface area (Å²) in [6.07, 6.45) is 5.28. The summed E-state index contributed by atoms with van der Waals surface area (Å²) in [5.41, 5.74) is 0.454. The number of nitrogens with zero attached hydrogens (tertiary/aromatic N) is 1. The second-order valence-corrected chi connectivity index (χ2v) is 7.22. The molecule has 1 fully saturated rings. The molecule has 0 saturated heterocycles. The molecule has 27 heavy (non-hydrogen) atoms. The smallest absolute Gasteiger partial charge is 0.328 e. The van der Waals surface area contributed by atoms with Crippen LogP contribution in [0, 0.1) is 5.92 Å². The van der Waals surface area contributed by atoms with Gasteiger partial charge in [0.2, 0.25) is 0 Å². The molecule has 0 radical (unpaired) electrons. The Balaban J connectivity index is 0.000000387. The minimum absolute atomic E-state index is 0.141. The van der Waals surface area contributed by atoms with E-state index in [4.69, 9.17) is 10.2 Å². The lowest BCUT2D eigenvalue weighted by molar-refractivity contribution is -0.134. The molecular formula is C20H29NO6. The summed E-state index contributed by atoms with van der Waals surface area (Å²) in [5, 5.41) is 36.0. The number of benzene rings is 1. The van der Waals surface area contributed by atoms with E-state index in [-0.39, 0.29) is 12.0 Å². The molecule has 7 heteroatoms. The Kier molecular flexibility index (Phi) is 8.46. The highest BCUT2D eigenvalue weighted by Crippen LogP contribution is 2.43. The molecule has 0 bridgehead atoms. The van der Waals surface area contributed by atoms with Crippen LogP contribution in [0.3, 0.4) is 0 Å². The molecule has 1 aliphatic carbocycles. The number of aliphatic hydroxyl groups is 1. The van der Waals surface area contributed by atoms with Crippen LogP contribution in [-0.2, 0) is 9.59 Å². The van der Waals surface area contributed by atoms with Gasteiger partial charge < -0.3 is 25.3 Å². The van der Waals surface area contributed by atoms with E-state index in [0.717, 1.165) is 24.8 Å². The van der Waals surface area contributed by atoms with Crippen molar-refractivity contribution in [2.24, 2.45) is 5.92 Å². The molecule has 0 spiro atoms. The Labute approximate surface area is 159 Å². The highest BCUT2D eigenvalue weighted by atomic mass is 16.4. The third-order valence-corrected chi connectivity index (χ3v) is 4.76. The van der Waals surface area contributed by atoms with Gasteiger partial charge in [-0.05, 0) is 51.6 Å². The molecule has 0 amide bonds. The van der Waals surface area contributed by atoms with E-state index < -0.39 is 17.5 Å². The normalized spacial score (nSPS) is 23.5. The van der Waals surface area contributed by atoms with Gasteiger partial charge in [-0.3, -0.25) is 0 Å². The zero-order valence-electron chi connectivity index (χ0n) is 16.0.